The molecular formula is C22H41IN6. The Morgan fingerprint density at radius 3 is 2.55 bits per heavy atom. The molecule has 2 rings (SSSR count). The average molecular weight is 517 g/mol. The molecule has 1 aromatic rings. The zero-order valence-corrected chi connectivity index (χ0v) is 21.3. The van der Waals surface area contributed by atoms with Crippen molar-refractivity contribution in [3.05, 3.63) is 29.8 Å². The van der Waals surface area contributed by atoms with E-state index in [4.69, 9.17) is 0 Å². The van der Waals surface area contributed by atoms with Gasteiger partial charge in [0.05, 0.1) is 0 Å². The minimum atomic E-state index is 0. The average Bonchev–Trinajstić information content (AvgIpc) is 2.69. The van der Waals surface area contributed by atoms with Crippen molar-refractivity contribution in [3.63, 3.8) is 0 Å². The van der Waals surface area contributed by atoms with Crippen LogP contribution in [0.3, 0.4) is 0 Å². The third-order valence-corrected chi connectivity index (χ3v) is 5.43. The number of halogens is 1. The van der Waals surface area contributed by atoms with Crippen LogP contribution in [0, 0.1) is 12.8 Å². The molecule has 2 N–H and O–H groups in total. The fourth-order valence-corrected chi connectivity index (χ4v) is 3.63. The first-order valence-electron chi connectivity index (χ1n) is 10.7. The van der Waals surface area contributed by atoms with Crippen molar-refractivity contribution in [2.24, 2.45) is 10.9 Å². The van der Waals surface area contributed by atoms with Crippen molar-refractivity contribution < 1.29 is 0 Å². The molecule has 0 saturated carbocycles. The highest BCUT2D eigenvalue weighted by atomic mass is 127. The number of anilines is 1. The van der Waals surface area contributed by atoms with Crippen LogP contribution in [0.1, 0.15) is 19.4 Å². The molecule has 1 fully saturated rings. The van der Waals surface area contributed by atoms with E-state index in [9.17, 15) is 0 Å². The fraction of sp³-hybridized carbons (Fsp3) is 0.682. The quantitative estimate of drug-likeness (QED) is 0.300. The first-order valence-corrected chi connectivity index (χ1v) is 10.7. The highest BCUT2D eigenvalue weighted by Gasteiger charge is 2.16. The minimum absolute atomic E-state index is 0. The lowest BCUT2D eigenvalue weighted by molar-refractivity contribution is 0.139. The number of benzene rings is 1. The third-order valence-electron chi connectivity index (χ3n) is 5.43. The van der Waals surface area contributed by atoms with E-state index in [-0.39, 0.29) is 24.0 Å². The molecule has 1 atom stereocenters. The lowest BCUT2D eigenvalue weighted by atomic mass is 10.1. The normalized spacial score (nSPS) is 16.8. The number of likely N-dealkylation sites (N-methyl/N-ethyl adjacent to an activating group) is 2. The molecule has 29 heavy (non-hydrogen) atoms. The largest absolute Gasteiger partial charge is 0.370 e. The van der Waals surface area contributed by atoms with Crippen molar-refractivity contribution >= 4 is 35.6 Å². The monoisotopic (exact) mass is 516 g/mol. The first-order chi connectivity index (χ1) is 13.5. The van der Waals surface area contributed by atoms with E-state index in [2.05, 4.69) is 82.4 Å². The lowest BCUT2D eigenvalue weighted by Crippen LogP contribution is -2.48. The van der Waals surface area contributed by atoms with Gasteiger partial charge >= 0.3 is 0 Å². The van der Waals surface area contributed by atoms with Gasteiger partial charge in [0, 0.05) is 71.6 Å². The van der Waals surface area contributed by atoms with Gasteiger partial charge in [-0.2, -0.15) is 0 Å². The maximum atomic E-state index is 4.38. The predicted molar refractivity (Wildman–Crippen MR) is 137 cm³/mol. The highest BCUT2D eigenvalue weighted by Crippen LogP contribution is 2.14. The van der Waals surface area contributed by atoms with Gasteiger partial charge in [-0.15, -0.1) is 24.0 Å². The van der Waals surface area contributed by atoms with Gasteiger partial charge in [0.2, 0.25) is 0 Å². The van der Waals surface area contributed by atoms with Crippen LogP contribution in [-0.2, 0) is 0 Å². The number of aliphatic imine (C=N–C) groups is 1. The van der Waals surface area contributed by atoms with Crippen LogP contribution in [0.25, 0.3) is 0 Å². The summed E-state index contributed by atoms with van der Waals surface area (Å²) in [4.78, 5) is 11.8. The number of hydrogen-bond acceptors (Lipinski definition) is 4. The summed E-state index contributed by atoms with van der Waals surface area (Å²) in [7, 11) is 4.05. The van der Waals surface area contributed by atoms with Crippen molar-refractivity contribution in [2.75, 3.05) is 77.9 Å². The Labute approximate surface area is 195 Å². The summed E-state index contributed by atoms with van der Waals surface area (Å²) in [5, 5.41) is 6.95. The summed E-state index contributed by atoms with van der Waals surface area (Å²) < 4.78 is 0. The maximum Gasteiger partial charge on any atom is 0.191 e. The summed E-state index contributed by atoms with van der Waals surface area (Å²) in [5.74, 6) is 1.49. The van der Waals surface area contributed by atoms with Gasteiger partial charge < -0.3 is 25.3 Å². The molecule has 166 valence electrons. The number of rotatable bonds is 9. The Kier molecular flexibility index (Phi) is 12.6. The zero-order valence-electron chi connectivity index (χ0n) is 18.9. The molecule has 1 aromatic carbocycles. The summed E-state index contributed by atoms with van der Waals surface area (Å²) >= 11 is 0. The Bertz CT molecular complexity index is 601. The standard InChI is InChI=1S/C22H40N6.HI/c1-6-28(21-9-7-8-19(2)16-21)11-10-24-22(23-4)25-17-20(3)18-27-14-12-26(5)13-15-27;/h7-9,16,20H,6,10-15,17-18H2,1-5H3,(H2,23,24,25);1H. The van der Waals surface area contributed by atoms with Gasteiger partial charge in [0.15, 0.2) is 5.96 Å². The highest BCUT2D eigenvalue weighted by molar-refractivity contribution is 14.0. The van der Waals surface area contributed by atoms with Gasteiger partial charge in [0.1, 0.15) is 0 Å². The first kappa shape index (κ1) is 26.0. The molecule has 1 unspecified atom stereocenters. The summed E-state index contributed by atoms with van der Waals surface area (Å²) in [6.07, 6.45) is 0. The van der Waals surface area contributed by atoms with E-state index in [1.807, 2.05) is 7.05 Å². The van der Waals surface area contributed by atoms with Gasteiger partial charge in [-0.3, -0.25) is 4.99 Å². The predicted octanol–water partition coefficient (Wildman–Crippen LogP) is 2.49. The molecule has 0 aromatic heterocycles. The van der Waals surface area contributed by atoms with Crippen LogP contribution in [0.2, 0.25) is 0 Å². The zero-order chi connectivity index (χ0) is 20.4. The smallest absolute Gasteiger partial charge is 0.191 e. The molecule has 0 bridgehead atoms. The van der Waals surface area contributed by atoms with Gasteiger partial charge in [0.25, 0.3) is 0 Å². The third kappa shape index (κ3) is 9.53. The molecule has 1 saturated heterocycles. The molecule has 7 heteroatoms. The van der Waals surface area contributed by atoms with Gasteiger partial charge in [-0.05, 0) is 44.5 Å². The minimum Gasteiger partial charge on any atom is -0.370 e. The second kappa shape index (κ2) is 14.0. The number of nitrogens with zero attached hydrogens (tertiary/aromatic N) is 4. The molecule has 0 radical (unpaired) electrons. The Balaban J connectivity index is 0.00000420. The van der Waals surface area contributed by atoms with Crippen LogP contribution in [0.4, 0.5) is 5.69 Å². The number of piperazine rings is 1. The van der Waals surface area contributed by atoms with E-state index in [1.54, 1.807) is 0 Å². The maximum absolute atomic E-state index is 4.38. The van der Waals surface area contributed by atoms with E-state index in [0.29, 0.717) is 5.92 Å². The molecule has 0 aliphatic carbocycles. The molecule has 0 spiro atoms. The summed E-state index contributed by atoms with van der Waals surface area (Å²) in [5.41, 5.74) is 2.59. The van der Waals surface area contributed by atoms with Crippen LogP contribution in [-0.4, -0.2) is 88.8 Å². The van der Waals surface area contributed by atoms with E-state index >= 15 is 0 Å². The fourth-order valence-electron chi connectivity index (χ4n) is 3.63. The van der Waals surface area contributed by atoms with Crippen LogP contribution in [0.5, 0.6) is 0 Å². The number of aryl methyl sites for hydroxylation is 1. The van der Waals surface area contributed by atoms with Crippen molar-refractivity contribution in [2.45, 2.75) is 20.8 Å². The molecular weight excluding hydrogens is 475 g/mol. The number of nitrogens with one attached hydrogen (secondary N) is 2. The second-order valence-electron chi connectivity index (χ2n) is 8.01. The van der Waals surface area contributed by atoms with Crippen LogP contribution < -0.4 is 15.5 Å². The van der Waals surface area contributed by atoms with Crippen LogP contribution in [0.15, 0.2) is 29.3 Å². The summed E-state index contributed by atoms with van der Waals surface area (Å²) in [6.45, 7) is 16.3. The molecule has 0 amide bonds. The Morgan fingerprint density at radius 1 is 1.21 bits per heavy atom. The van der Waals surface area contributed by atoms with Crippen molar-refractivity contribution in [1.82, 2.24) is 20.4 Å². The van der Waals surface area contributed by atoms with Crippen LogP contribution >= 0.6 is 24.0 Å². The molecule has 1 aliphatic heterocycles. The number of guanidine groups is 1. The lowest BCUT2D eigenvalue weighted by Gasteiger charge is -2.34. The summed E-state index contributed by atoms with van der Waals surface area (Å²) in [6, 6.07) is 8.70. The van der Waals surface area contributed by atoms with E-state index in [0.717, 1.165) is 38.7 Å². The molecule has 1 aliphatic rings. The molecule has 1 heterocycles. The van der Waals surface area contributed by atoms with Gasteiger partial charge in [-0.25, -0.2) is 0 Å². The van der Waals surface area contributed by atoms with Gasteiger partial charge in [-0.1, -0.05) is 19.1 Å². The Morgan fingerprint density at radius 2 is 1.93 bits per heavy atom. The van der Waals surface area contributed by atoms with Crippen molar-refractivity contribution in [1.29, 1.82) is 0 Å². The van der Waals surface area contributed by atoms with Crippen molar-refractivity contribution in [3.8, 4) is 0 Å². The van der Waals surface area contributed by atoms with E-state index in [1.165, 1.54) is 37.4 Å². The molecule has 6 nitrogen and oxygen atoms in total. The van der Waals surface area contributed by atoms with E-state index < -0.39 is 0 Å². The number of hydrogen-bond donors (Lipinski definition) is 2. The topological polar surface area (TPSA) is 46.1 Å². The SMILES string of the molecule is CCN(CCNC(=NC)NCC(C)CN1CCN(C)CC1)c1cccc(C)c1.I. The second-order valence-corrected chi connectivity index (χ2v) is 8.01. The Hall–Kier alpha value is -1.06.